The zero-order valence-electron chi connectivity index (χ0n) is 12.1. The molecule has 1 heterocycles. The fourth-order valence-electron chi connectivity index (χ4n) is 1.98. The van der Waals surface area contributed by atoms with Gasteiger partial charge in [0, 0.05) is 40.4 Å². The molecule has 0 spiro atoms. The smallest absolute Gasteiger partial charge is 0.133 e. The van der Waals surface area contributed by atoms with Crippen LogP contribution in [-0.4, -0.2) is 34.4 Å². The molecular weight excluding hydrogens is 272 g/mol. The second-order valence-corrected chi connectivity index (χ2v) is 6.57. The third-order valence-corrected chi connectivity index (χ3v) is 4.75. The number of nitrogens with zero attached hydrogens (tertiary/aromatic N) is 1. The fraction of sp³-hybridized carbons (Fsp3) is 0.400. The lowest BCUT2D eigenvalue weighted by atomic mass is 10.1. The number of ether oxygens (including phenoxy) is 1. The summed E-state index contributed by atoms with van der Waals surface area (Å²) in [5.74, 6) is 1.70. The zero-order chi connectivity index (χ0) is 14.5. The number of nitrogens with one attached hydrogen (secondary N) is 1. The summed E-state index contributed by atoms with van der Waals surface area (Å²) in [6, 6.07) is 7.89. The zero-order valence-corrected chi connectivity index (χ0v) is 12.9. The van der Waals surface area contributed by atoms with Gasteiger partial charge in [-0.25, -0.2) is 4.98 Å². The third-order valence-electron chi connectivity index (χ3n) is 3.38. The van der Waals surface area contributed by atoms with E-state index in [1.165, 1.54) is 0 Å². The summed E-state index contributed by atoms with van der Waals surface area (Å²) < 4.78 is 16.5. The van der Waals surface area contributed by atoms with Gasteiger partial charge in [0.25, 0.3) is 0 Å². The van der Waals surface area contributed by atoms with Crippen LogP contribution in [0.1, 0.15) is 13.3 Å². The fourth-order valence-corrected chi connectivity index (χ4v) is 2.43. The molecule has 0 aliphatic rings. The van der Waals surface area contributed by atoms with E-state index in [0.29, 0.717) is 0 Å². The molecule has 1 aromatic carbocycles. The van der Waals surface area contributed by atoms with Gasteiger partial charge in [-0.3, -0.25) is 4.21 Å². The maximum atomic E-state index is 11.3. The van der Waals surface area contributed by atoms with Crippen molar-refractivity contribution in [3.8, 4) is 5.75 Å². The summed E-state index contributed by atoms with van der Waals surface area (Å²) in [6.07, 6.45) is 4.38. The average molecular weight is 292 g/mol. The quantitative estimate of drug-likeness (QED) is 0.889. The number of aromatic nitrogens is 1. The minimum Gasteiger partial charge on any atom is -0.497 e. The predicted molar refractivity (Wildman–Crippen MR) is 84.9 cm³/mol. The number of hydrogen-bond acceptors (Lipinski definition) is 4. The first kappa shape index (κ1) is 14.8. The maximum Gasteiger partial charge on any atom is 0.133 e. The van der Waals surface area contributed by atoms with Crippen LogP contribution in [0.15, 0.2) is 30.5 Å². The van der Waals surface area contributed by atoms with Crippen LogP contribution < -0.4 is 10.1 Å². The summed E-state index contributed by atoms with van der Waals surface area (Å²) in [4.78, 5) is 4.38. The van der Waals surface area contributed by atoms with Crippen molar-refractivity contribution in [3.63, 3.8) is 0 Å². The number of anilines is 1. The number of pyridine rings is 1. The minimum absolute atomic E-state index is 0.192. The van der Waals surface area contributed by atoms with E-state index in [9.17, 15) is 4.21 Å². The van der Waals surface area contributed by atoms with Gasteiger partial charge in [-0.1, -0.05) is 6.92 Å². The van der Waals surface area contributed by atoms with Crippen molar-refractivity contribution in [1.82, 2.24) is 4.98 Å². The summed E-state index contributed by atoms with van der Waals surface area (Å²) >= 11 is 0. The largest absolute Gasteiger partial charge is 0.497 e. The van der Waals surface area contributed by atoms with Crippen molar-refractivity contribution in [1.29, 1.82) is 0 Å². The highest BCUT2D eigenvalue weighted by atomic mass is 32.2. The number of rotatable bonds is 6. The lowest BCUT2D eigenvalue weighted by molar-refractivity contribution is 0.415. The van der Waals surface area contributed by atoms with Gasteiger partial charge in [0.1, 0.15) is 11.6 Å². The monoisotopic (exact) mass is 292 g/mol. The topological polar surface area (TPSA) is 51.2 Å². The Labute approximate surface area is 122 Å². The Balaban J connectivity index is 2.12. The molecule has 0 radical (unpaired) electrons. The molecule has 2 rings (SSSR count). The predicted octanol–water partition coefficient (Wildman–Crippen LogP) is 2.81. The summed E-state index contributed by atoms with van der Waals surface area (Å²) in [7, 11) is 0.884. The average Bonchev–Trinajstić information content (AvgIpc) is 2.46. The Hall–Kier alpha value is -1.62. The molecule has 2 aromatic rings. The molecule has 0 saturated carbocycles. The Kier molecular flexibility index (Phi) is 4.95. The molecule has 5 heteroatoms. The van der Waals surface area contributed by atoms with Crippen LogP contribution in [0, 0.1) is 0 Å². The van der Waals surface area contributed by atoms with Crippen LogP contribution in [-0.2, 0) is 10.8 Å². The van der Waals surface area contributed by atoms with Gasteiger partial charge >= 0.3 is 0 Å². The molecule has 0 aliphatic heterocycles. The Morgan fingerprint density at radius 1 is 1.40 bits per heavy atom. The molecule has 4 nitrogen and oxygen atoms in total. The van der Waals surface area contributed by atoms with Crippen LogP contribution in [0.25, 0.3) is 10.8 Å². The third kappa shape index (κ3) is 3.48. The summed E-state index contributed by atoms with van der Waals surface area (Å²) in [6.45, 7) is 2.76. The Morgan fingerprint density at radius 2 is 2.20 bits per heavy atom. The van der Waals surface area contributed by atoms with Gasteiger partial charge in [-0.15, -0.1) is 0 Å². The second kappa shape index (κ2) is 6.70. The highest BCUT2D eigenvalue weighted by Crippen LogP contribution is 2.25. The van der Waals surface area contributed by atoms with Gasteiger partial charge < -0.3 is 10.1 Å². The first-order valence-corrected chi connectivity index (χ1v) is 8.23. The van der Waals surface area contributed by atoms with Gasteiger partial charge in [0.15, 0.2) is 0 Å². The van der Waals surface area contributed by atoms with E-state index in [0.717, 1.165) is 35.3 Å². The molecule has 0 fully saturated rings. The first-order chi connectivity index (χ1) is 9.61. The van der Waals surface area contributed by atoms with Gasteiger partial charge in [0.2, 0.25) is 0 Å². The van der Waals surface area contributed by atoms with Crippen molar-refractivity contribution in [2.75, 3.05) is 25.2 Å². The first-order valence-electron chi connectivity index (χ1n) is 6.60. The minimum atomic E-state index is -0.777. The van der Waals surface area contributed by atoms with Crippen molar-refractivity contribution < 1.29 is 8.95 Å². The molecular formula is C15H20N2O2S. The lowest BCUT2D eigenvalue weighted by Crippen LogP contribution is -2.15. The molecule has 108 valence electrons. The summed E-state index contributed by atoms with van der Waals surface area (Å²) in [5, 5.41) is 5.68. The van der Waals surface area contributed by atoms with E-state index >= 15 is 0 Å². The highest BCUT2D eigenvalue weighted by molar-refractivity contribution is 7.84. The van der Waals surface area contributed by atoms with Crippen LogP contribution >= 0.6 is 0 Å². The van der Waals surface area contributed by atoms with E-state index < -0.39 is 10.8 Å². The van der Waals surface area contributed by atoms with Crippen molar-refractivity contribution in [3.05, 3.63) is 30.5 Å². The molecule has 2 atom stereocenters. The van der Waals surface area contributed by atoms with Crippen LogP contribution in [0.3, 0.4) is 0 Å². The molecule has 20 heavy (non-hydrogen) atoms. The van der Waals surface area contributed by atoms with E-state index in [1.54, 1.807) is 19.6 Å². The maximum absolute atomic E-state index is 11.3. The normalized spacial score (nSPS) is 13.9. The van der Waals surface area contributed by atoms with Crippen LogP contribution in [0.4, 0.5) is 5.82 Å². The van der Waals surface area contributed by atoms with Crippen molar-refractivity contribution in [2.24, 2.45) is 0 Å². The molecule has 0 bridgehead atoms. The molecule has 0 amide bonds. The van der Waals surface area contributed by atoms with E-state index in [4.69, 9.17) is 4.74 Å². The standard InChI is InChI=1S/C15H20N2O2S/c1-11(20(3)18)6-8-16-15-14-5-4-13(19-2)10-12(14)7-9-17-15/h4-5,7,9-11H,6,8H2,1-3H3,(H,16,17). The van der Waals surface area contributed by atoms with Crippen LogP contribution in [0.2, 0.25) is 0 Å². The molecule has 0 aliphatic carbocycles. The second-order valence-electron chi connectivity index (χ2n) is 4.77. The van der Waals surface area contributed by atoms with Gasteiger partial charge in [-0.2, -0.15) is 0 Å². The molecule has 1 aromatic heterocycles. The summed E-state index contributed by atoms with van der Waals surface area (Å²) in [5.41, 5.74) is 0. The number of benzene rings is 1. The molecule has 2 unspecified atom stereocenters. The van der Waals surface area contributed by atoms with Gasteiger partial charge in [0.05, 0.1) is 7.11 Å². The highest BCUT2D eigenvalue weighted by Gasteiger charge is 2.07. The van der Waals surface area contributed by atoms with E-state index in [2.05, 4.69) is 10.3 Å². The Morgan fingerprint density at radius 3 is 2.90 bits per heavy atom. The SMILES string of the molecule is COc1ccc2c(NCCC(C)S(C)=O)nccc2c1. The van der Waals surface area contributed by atoms with Crippen molar-refractivity contribution in [2.45, 2.75) is 18.6 Å². The molecule has 1 N–H and O–H groups in total. The van der Waals surface area contributed by atoms with Gasteiger partial charge in [-0.05, 0) is 36.1 Å². The number of hydrogen-bond donors (Lipinski definition) is 1. The Bertz CT molecular complexity index is 616. The van der Waals surface area contributed by atoms with E-state index in [-0.39, 0.29) is 5.25 Å². The number of methoxy groups -OCH3 is 1. The van der Waals surface area contributed by atoms with Crippen molar-refractivity contribution >= 4 is 27.4 Å². The van der Waals surface area contributed by atoms with Crippen LogP contribution in [0.5, 0.6) is 5.75 Å². The lowest BCUT2D eigenvalue weighted by Gasteiger charge is -2.12. The molecule has 0 saturated heterocycles. The number of fused-ring (bicyclic) bond motifs is 1. The van der Waals surface area contributed by atoms with E-state index in [1.807, 2.05) is 31.2 Å².